The van der Waals surface area contributed by atoms with E-state index in [4.69, 9.17) is 0 Å². The summed E-state index contributed by atoms with van der Waals surface area (Å²) in [6.07, 6.45) is 3.32. The van der Waals surface area contributed by atoms with Crippen LogP contribution in [0.25, 0.3) is 0 Å². The quantitative estimate of drug-likeness (QED) is 0.925. The van der Waals surface area contributed by atoms with Crippen LogP contribution >= 0.6 is 11.8 Å². The molecule has 0 saturated carbocycles. The molecule has 0 aliphatic carbocycles. The zero-order valence-corrected chi connectivity index (χ0v) is 10.9. The molecule has 0 fully saturated rings. The molecule has 6 heteroatoms. The highest BCUT2D eigenvalue weighted by atomic mass is 32.2. The molecule has 0 amide bonds. The van der Waals surface area contributed by atoms with E-state index >= 15 is 0 Å². The molecule has 1 aromatic heterocycles. The zero-order valence-electron chi connectivity index (χ0n) is 10.1. The zero-order chi connectivity index (χ0) is 13.1. The minimum absolute atomic E-state index is 0.0239. The molecule has 0 atom stereocenters. The van der Waals surface area contributed by atoms with Crippen LogP contribution in [0, 0.1) is 11.6 Å². The molecule has 2 rings (SSSR count). The van der Waals surface area contributed by atoms with Crippen LogP contribution in [0.2, 0.25) is 0 Å². The Morgan fingerprint density at radius 2 is 2.00 bits per heavy atom. The lowest BCUT2D eigenvalue weighted by Gasteiger charge is -2.07. The van der Waals surface area contributed by atoms with E-state index in [1.54, 1.807) is 31.1 Å². The third-order valence-electron chi connectivity index (χ3n) is 2.41. The first-order valence-electron chi connectivity index (χ1n) is 5.39. The monoisotopic (exact) mass is 269 g/mol. The van der Waals surface area contributed by atoms with E-state index in [-0.39, 0.29) is 4.90 Å². The average molecular weight is 269 g/mol. The van der Waals surface area contributed by atoms with Crippen molar-refractivity contribution in [3.63, 3.8) is 0 Å². The van der Waals surface area contributed by atoms with Gasteiger partial charge in [0.25, 0.3) is 0 Å². The van der Waals surface area contributed by atoms with Crippen LogP contribution in [0.4, 0.5) is 8.78 Å². The fourth-order valence-corrected chi connectivity index (χ4v) is 2.37. The van der Waals surface area contributed by atoms with Gasteiger partial charge in [0.05, 0.1) is 4.90 Å². The van der Waals surface area contributed by atoms with E-state index in [0.717, 1.165) is 11.8 Å². The summed E-state index contributed by atoms with van der Waals surface area (Å²) in [6.45, 7) is 0.432. The highest BCUT2D eigenvalue weighted by Crippen LogP contribution is 2.31. The van der Waals surface area contributed by atoms with Gasteiger partial charge in [-0.1, -0.05) is 0 Å². The Balaban J connectivity index is 2.31. The summed E-state index contributed by atoms with van der Waals surface area (Å²) in [5.41, 5.74) is 0.580. The fourth-order valence-electron chi connectivity index (χ4n) is 1.56. The molecule has 2 aromatic rings. The number of hydrogen-bond donors (Lipinski definition) is 1. The van der Waals surface area contributed by atoms with Crippen LogP contribution in [0.1, 0.15) is 5.56 Å². The molecule has 1 N–H and O–H groups in total. The number of aryl methyl sites for hydroxylation is 1. The summed E-state index contributed by atoms with van der Waals surface area (Å²) >= 11 is 0.982. The number of rotatable bonds is 4. The molecule has 96 valence electrons. The van der Waals surface area contributed by atoms with Gasteiger partial charge in [-0.3, -0.25) is 0 Å². The summed E-state index contributed by atoms with van der Waals surface area (Å²) in [7, 11) is 3.51. The summed E-state index contributed by atoms with van der Waals surface area (Å²) in [4.78, 5) is 4.01. The largest absolute Gasteiger partial charge is 0.329 e. The Hall–Kier alpha value is -1.40. The molecule has 0 unspecified atom stereocenters. The van der Waals surface area contributed by atoms with Crippen LogP contribution in [0.15, 0.2) is 34.6 Å². The summed E-state index contributed by atoms with van der Waals surface area (Å²) in [5, 5.41) is 3.41. The molecule has 1 heterocycles. The van der Waals surface area contributed by atoms with Crippen LogP contribution < -0.4 is 5.32 Å². The lowest BCUT2D eigenvalue weighted by Crippen LogP contribution is -2.06. The van der Waals surface area contributed by atoms with Crippen LogP contribution in [0.5, 0.6) is 0 Å². The van der Waals surface area contributed by atoms with Gasteiger partial charge in [0.1, 0.15) is 11.6 Å². The lowest BCUT2D eigenvalue weighted by molar-refractivity contribution is 0.535. The van der Waals surface area contributed by atoms with Gasteiger partial charge in [-0.15, -0.1) is 0 Å². The predicted octanol–water partition coefficient (Wildman–Crippen LogP) is 2.57. The molecule has 0 aliphatic heterocycles. The molecule has 0 bridgehead atoms. The number of benzene rings is 1. The Morgan fingerprint density at radius 3 is 2.50 bits per heavy atom. The first-order chi connectivity index (χ1) is 8.61. The van der Waals surface area contributed by atoms with Crippen LogP contribution in [-0.4, -0.2) is 16.6 Å². The van der Waals surface area contributed by atoms with Crippen molar-refractivity contribution in [2.24, 2.45) is 7.05 Å². The standard InChI is InChI=1S/C12H13F2N3S/c1-15-7-8-5-9(13)11(10(14)6-8)18-12-16-3-4-17(12)2/h3-6,15H,7H2,1-2H3. The number of aromatic nitrogens is 2. The first-order valence-corrected chi connectivity index (χ1v) is 6.21. The van der Waals surface area contributed by atoms with Crippen molar-refractivity contribution in [3.8, 4) is 0 Å². The highest BCUT2D eigenvalue weighted by molar-refractivity contribution is 7.99. The van der Waals surface area contributed by atoms with Gasteiger partial charge < -0.3 is 9.88 Å². The number of hydrogen-bond acceptors (Lipinski definition) is 3. The highest BCUT2D eigenvalue weighted by Gasteiger charge is 2.14. The first kappa shape index (κ1) is 13.0. The predicted molar refractivity (Wildman–Crippen MR) is 66.5 cm³/mol. The lowest BCUT2D eigenvalue weighted by atomic mass is 10.2. The Kier molecular flexibility index (Phi) is 3.98. The Labute approximate surface area is 108 Å². The van der Waals surface area contributed by atoms with Gasteiger partial charge in [-0.25, -0.2) is 13.8 Å². The second-order valence-corrected chi connectivity index (χ2v) is 4.82. The summed E-state index contributed by atoms with van der Waals surface area (Å²) in [6, 6.07) is 2.68. The van der Waals surface area contributed by atoms with E-state index in [0.29, 0.717) is 17.3 Å². The van der Waals surface area contributed by atoms with Gasteiger partial charge in [-0.05, 0) is 36.5 Å². The third kappa shape index (κ3) is 2.70. The second-order valence-electron chi connectivity index (χ2n) is 3.84. The van der Waals surface area contributed by atoms with Crippen molar-refractivity contribution >= 4 is 11.8 Å². The number of halogens is 2. The maximum Gasteiger partial charge on any atom is 0.172 e. The number of nitrogens with zero attached hydrogens (tertiary/aromatic N) is 2. The van der Waals surface area contributed by atoms with Gasteiger partial charge in [-0.2, -0.15) is 0 Å². The topological polar surface area (TPSA) is 29.9 Å². The molecule has 0 spiro atoms. The van der Waals surface area contributed by atoms with Gasteiger partial charge >= 0.3 is 0 Å². The number of imidazole rings is 1. The van der Waals surface area contributed by atoms with Crippen LogP contribution in [0.3, 0.4) is 0 Å². The van der Waals surface area contributed by atoms with E-state index in [2.05, 4.69) is 10.3 Å². The second kappa shape index (κ2) is 5.49. The molecule has 1 aromatic carbocycles. The van der Waals surface area contributed by atoms with E-state index in [9.17, 15) is 8.78 Å². The van der Waals surface area contributed by atoms with Gasteiger partial charge in [0, 0.05) is 26.0 Å². The normalized spacial score (nSPS) is 10.9. The fraction of sp³-hybridized carbons (Fsp3) is 0.250. The average Bonchev–Trinajstić information content (AvgIpc) is 2.70. The molecule has 0 saturated heterocycles. The maximum absolute atomic E-state index is 13.8. The van der Waals surface area contributed by atoms with E-state index in [1.807, 2.05) is 0 Å². The molecule has 18 heavy (non-hydrogen) atoms. The van der Waals surface area contributed by atoms with E-state index in [1.165, 1.54) is 12.1 Å². The maximum atomic E-state index is 13.8. The van der Waals surface area contributed by atoms with Crippen molar-refractivity contribution in [2.45, 2.75) is 16.6 Å². The van der Waals surface area contributed by atoms with Crippen molar-refractivity contribution in [2.75, 3.05) is 7.05 Å². The summed E-state index contributed by atoms with van der Waals surface area (Å²) in [5.74, 6) is -1.12. The minimum Gasteiger partial charge on any atom is -0.329 e. The minimum atomic E-state index is -0.562. The van der Waals surface area contributed by atoms with Gasteiger partial charge in [0.15, 0.2) is 5.16 Å². The smallest absolute Gasteiger partial charge is 0.172 e. The molecular formula is C12H13F2N3S. The Bertz CT molecular complexity index is 531. The Morgan fingerprint density at radius 1 is 1.33 bits per heavy atom. The van der Waals surface area contributed by atoms with Crippen molar-refractivity contribution < 1.29 is 8.78 Å². The molecule has 0 radical (unpaired) electrons. The van der Waals surface area contributed by atoms with Crippen molar-refractivity contribution in [3.05, 3.63) is 41.7 Å². The number of nitrogens with one attached hydrogen (secondary N) is 1. The summed E-state index contributed by atoms with van der Waals surface area (Å²) < 4.78 is 29.4. The van der Waals surface area contributed by atoms with E-state index < -0.39 is 11.6 Å². The van der Waals surface area contributed by atoms with Crippen LogP contribution in [-0.2, 0) is 13.6 Å². The van der Waals surface area contributed by atoms with Crippen molar-refractivity contribution in [1.82, 2.24) is 14.9 Å². The molecule has 0 aliphatic rings. The van der Waals surface area contributed by atoms with Crippen molar-refractivity contribution in [1.29, 1.82) is 0 Å². The SMILES string of the molecule is CNCc1cc(F)c(Sc2nccn2C)c(F)c1. The molecule has 3 nitrogen and oxygen atoms in total. The van der Waals surface area contributed by atoms with Gasteiger partial charge in [0.2, 0.25) is 0 Å². The third-order valence-corrected chi connectivity index (χ3v) is 3.58. The molecular weight excluding hydrogens is 256 g/mol.